The minimum Gasteiger partial charge on any atom is -0.324 e. The molecule has 25 heavy (non-hydrogen) atoms. The fourth-order valence-electron chi connectivity index (χ4n) is 4.75. The number of hydrogen-bond acceptors (Lipinski definition) is 3. The van der Waals surface area contributed by atoms with Gasteiger partial charge in [-0.2, -0.15) is 0 Å². The van der Waals surface area contributed by atoms with E-state index in [1.54, 1.807) is 25.1 Å². The number of carbonyl (C=O) groups excluding carboxylic acids is 3. The average molecular weight is 426 g/mol. The number of amides is 3. The van der Waals surface area contributed by atoms with Gasteiger partial charge in [0.1, 0.15) is 6.04 Å². The summed E-state index contributed by atoms with van der Waals surface area (Å²) < 4.78 is 0.730. The number of fused-ring (bicyclic) bond motifs is 5. The maximum absolute atomic E-state index is 12.8. The molecule has 132 valence electrons. The smallest absolute Gasteiger partial charge is 0.247 e. The molecule has 0 unspecified atom stereocenters. The molecule has 7 heteroatoms. The number of imide groups is 1. The van der Waals surface area contributed by atoms with E-state index < -0.39 is 6.04 Å². The molecule has 3 amide bonds. The van der Waals surface area contributed by atoms with E-state index in [4.69, 9.17) is 11.6 Å². The highest BCUT2D eigenvalue weighted by Crippen LogP contribution is 2.56. The molecule has 2 bridgehead atoms. The minimum atomic E-state index is -0.826. The molecule has 1 aromatic rings. The first-order valence-electron chi connectivity index (χ1n) is 8.51. The zero-order valence-electron chi connectivity index (χ0n) is 13.7. The summed E-state index contributed by atoms with van der Waals surface area (Å²) in [6.45, 7) is 1.61. The summed E-state index contributed by atoms with van der Waals surface area (Å²) in [5, 5.41) is 3.22. The van der Waals surface area contributed by atoms with Crippen LogP contribution in [-0.4, -0.2) is 28.7 Å². The van der Waals surface area contributed by atoms with Gasteiger partial charge in [0.25, 0.3) is 0 Å². The fourth-order valence-corrected chi connectivity index (χ4v) is 5.18. The molecular weight excluding hydrogens is 408 g/mol. The first kappa shape index (κ1) is 17.0. The van der Waals surface area contributed by atoms with Crippen molar-refractivity contribution in [2.45, 2.75) is 32.2 Å². The number of rotatable bonds is 3. The summed E-state index contributed by atoms with van der Waals surface area (Å²) in [6, 6.07) is 4.24. The summed E-state index contributed by atoms with van der Waals surface area (Å²) >= 11 is 9.33. The number of anilines is 1. The van der Waals surface area contributed by atoms with Crippen LogP contribution in [0.3, 0.4) is 0 Å². The third-order valence-corrected chi connectivity index (χ3v) is 7.15. The third kappa shape index (κ3) is 2.61. The van der Waals surface area contributed by atoms with E-state index in [0.717, 1.165) is 23.7 Å². The van der Waals surface area contributed by atoms with Crippen LogP contribution in [0.5, 0.6) is 0 Å². The topological polar surface area (TPSA) is 66.5 Å². The van der Waals surface area contributed by atoms with Crippen LogP contribution in [0.25, 0.3) is 0 Å². The largest absolute Gasteiger partial charge is 0.324 e. The lowest BCUT2D eigenvalue weighted by Gasteiger charge is -2.23. The van der Waals surface area contributed by atoms with E-state index in [-0.39, 0.29) is 29.6 Å². The molecule has 5 atom stereocenters. The second-order valence-electron chi connectivity index (χ2n) is 7.23. The van der Waals surface area contributed by atoms with E-state index in [9.17, 15) is 14.4 Å². The van der Waals surface area contributed by atoms with Gasteiger partial charge in [0.05, 0.1) is 16.9 Å². The first-order valence-corrected chi connectivity index (χ1v) is 9.68. The Labute approximate surface area is 159 Å². The van der Waals surface area contributed by atoms with Crippen molar-refractivity contribution < 1.29 is 14.4 Å². The SMILES string of the molecule is C[C@H](C(=O)Nc1ccc(Br)c(Cl)c1)N1C(=O)[C@@H]2[C@H]3CC[C@@H](C3)[C@@H]2C1=O. The van der Waals surface area contributed by atoms with Crippen LogP contribution in [0, 0.1) is 23.7 Å². The van der Waals surface area contributed by atoms with Gasteiger partial charge in [0, 0.05) is 10.2 Å². The monoisotopic (exact) mass is 424 g/mol. The number of nitrogens with one attached hydrogen (secondary N) is 1. The Bertz CT molecular complexity index is 756. The molecule has 0 radical (unpaired) electrons. The number of benzene rings is 1. The van der Waals surface area contributed by atoms with Gasteiger partial charge in [0.2, 0.25) is 17.7 Å². The van der Waals surface area contributed by atoms with Gasteiger partial charge in [-0.15, -0.1) is 0 Å². The van der Waals surface area contributed by atoms with Gasteiger partial charge >= 0.3 is 0 Å². The summed E-state index contributed by atoms with van der Waals surface area (Å²) in [4.78, 5) is 39.3. The summed E-state index contributed by atoms with van der Waals surface area (Å²) in [6.07, 6.45) is 3.03. The van der Waals surface area contributed by atoms with Crippen LogP contribution in [-0.2, 0) is 14.4 Å². The van der Waals surface area contributed by atoms with Gasteiger partial charge < -0.3 is 5.32 Å². The van der Waals surface area contributed by atoms with Crippen LogP contribution in [0.15, 0.2) is 22.7 Å². The van der Waals surface area contributed by atoms with E-state index in [1.165, 1.54) is 4.90 Å². The molecule has 0 spiro atoms. The van der Waals surface area contributed by atoms with Crippen LogP contribution in [0.4, 0.5) is 5.69 Å². The van der Waals surface area contributed by atoms with Crippen LogP contribution in [0.2, 0.25) is 5.02 Å². The Balaban J connectivity index is 1.51. The van der Waals surface area contributed by atoms with Crippen LogP contribution in [0.1, 0.15) is 26.2 Å². The van der Waals surface area contributed by atoms with Crippen molar-refractivity contribution in [2.24, 2.45) is 23.7 Å². The third-order valence-electron chi connectivity index (χ3n) is 5.92. The zero-order chi connectivity index (χ0) is 17.9. The maximum atomic E-state index is 12.8. The highest BCUT2D eigenvalue weighted by atomic mass is 79.9. The predicted octanol–water partition coefficient (Wildman–Crippen LogP) is 3.46. The lowest BCUT2D eigenvalue weighted by atomic mass is 9.81. The van der Waals surface area contributed by atoms with Gasteiger partial charge in [-0.3, -0.25) is 19.3 Å². The first-order chi connectivity index (χ1) is 11.9. The van der Waals surface area contributed by atoms with Gasteiger partial charge in [-0.05, 0) is 72.2 Å². The average Bonchev–Trinajstić information content (AvgIpc) is 3.24. The Morgan fingerprint density at radius 2 is 1.84 bits per heavy atom. The normalized spacial score (nSPS) is 31.4. The van der Waals surface area contributed by atoms with Crippen molar-refractivity contribution >= 4 is 50.9 Å². The Kier molecular flexibility index (Phi) is 4.15. The quantitative estimate of drug-likeness (QED) is 0.754. The number of halogens is 2. The van der Waals surface area contributed by atoms with E-state index in [1.807, 2.05) is 0 Å². The Morgan fingerprint density at radius 1 is 1.24 bits per heavy atom. The summed E-state index contributed by atoms with van der Waals surface area (Å²) in [5.74, 6) is -0.494. The molecule has 3 aliphatic rings. The molecule has 5 nitrogen and oxygen atoms in total. The van der Waals surface area contributed by atoms with Crippen molar-refractivity contribution in [1.82, 2.24) is 4.90 Å². The van der Waals surface area contributed by atoms with E-state index in [0.29, 0.717) is 22.5 Å². The van der Waals surface area contributed by atoms with Crippen LogP contribution < -0.4 is 5.32 Å². The predicted molar refractivity (Wildman–Crippen MR) is 96.9 cm³/mol. The molecule has 1 aromatic carbocycles. The highest BCUT2D eigenvalue weighted by Gasteiger charge is 2.62. The number of hydrogen-bond donors (Lipinski definition) is 1. The molecule has 1 saturated heterocycles. The van der Waals surface area contributed by atoms with Crippen molar-refractivity contribution in [2.75, 3.05) is 5.32 Å². The zero-order valence-corrected chi connectivity index (χ0v) is 16.0. The Morgan fingerprint density at radius 3 is 2.40 bits per heavy atom. The van der Waals surface area contributed by atoms with E-state index >= 15 is 0 Å². The highest BCUT2D eigenvalue weighted by molar-refractivity contribution is 9.10. The second kappa shape index (κ2) is 6.09. The van der Waals surface area contributed by atoms with E-state index in [2.05, 4.69) is 21.2 Å². The maximum Gasteiger partial charge on any atom is 0.247 e. The van der Waals surface area contributed by atoms with Gasteiger partial charge in [-0.25, -0.2) is 0 Å². The van der Waals surface area contributed by atoms with Crippen molar-refractivity contribution in [3.05, 3.63) is 27.7 Å². The molecule has 1 heterocycles. The lowest BCUT2D eigenvalue weighted by molar-refractivity contribution is -0.146. The minimum absolute atomic E-state index is 0.168. The standard InChI is InChI=1S/C18H18BrClN2O3/c1-8(16(23)21-11-4-5-12(19)13(20)7-11)22-17(24)14-9-2-3-10(6-9)15(14)18(22)25/h4-5,7-10,14-15H,2-3,6H2,1H3,(H,21,23)/t8-,9+,10+,14-,15+/m1/s1. The van der Waals surface area contributed by atoms with Crippen molar-refractivity contribution in [3.8, 4) is 0 Å². The van der Waals surface area contributed by atoms with Crippen molar-refractivity contribution in [1.29, 1.82) is 0 Å². The number of carbonyl (C=O) groups is 3. The van der Waals surface area contributed by atoms with Gasteiger partial charge in [0.15, 0.2) is 0 Å². The molecule has 2 saturated carbocycles. The molecule has 4 rings (SSSR count). The molecule has 0 aromatic heterocycles. The fraction of sp³-hybridized carbons (Fsp3) is 0.500. The number of likely N-dealkylation sites (tertiary alicyclic amines) is 1. The summed E-state index contributed by atoms with van der Waals surface area (Å²) in [5.41, 5.74) is 0.532. The summed E-state index contributed by atoms with van der Waals surface area (Å²) in [7, 11) is 0. The molecular formula is C18H18BrClN2O3. The Hall–Kier alpha value is -1.40. The lowest BCUT2D eigenvalue weighted by Crippen LogP contribution is -2.46. The second-order valence-corrected chi connectivity index (χ2v) is 8.49. The molecule has 1 N–H and O–H groups in total. The van der Waals surface area contributed by atoms with Crippen LogP contribution >= 0.6 is 27.5 Å². The molecule has 3 fully saturated rings. The molecule has 1 aliphatic heterocycles. The van der Waals surface area contributed by atoms with Crippen molar-refractivity contribution in [3.63, 3.8) is 0 Å². The number of nitrogens with zero attached hydrogens (tertiary/aromatic N) is 1. The van der Waals surface area contributed by atoms with Gasteiger partial charge in [-0.1, -0.05) is 11.6 Å². The molecule has 2 aliphatic carbocycles.